The summed E-state index contributed by atoms with van der Waals surface area (Å²) in [4.78, 5) is 0. The van der Waals surface area contributed by atoms with Gasteiger partial charge in [-0.2, -0.15) is 0 Å². The third-order valence-corrected chi connectivity index (χ3v) is 2.75. The van der Waals surface area contributed by atoms with Gasteiger partial charge in [-0.25, -0.2) is 0 Å². The van der Waals surface area contributed by atoms with Gasteiger partial charge in [0.2, 0.25) is 0 Å². The summed E-state index contributed by atoms with van der Waals surface area (Å²) in [5.74, 6) is 0. The highest BCUT2D eigenvalue weighted by atomic mass is 16.3. The molecule has 0 saturated heterocycles. The molecular weight excluding hydrogens is 166 g/mol. The average molecular weight is 187 g/mol. The van der Waals surface area contributed by atoms with E-state index in [0.29, 0.717) is 0 Å². The Labute approximate surface area is 80.2 Å². The molecule has 0 heterocycles. The molecule has 2 atom stereocenters. The fourth-order valence-electron chi connectivity index (χ4n) is 1.64. The van der Waals surface area contributed by atoms with E-state index in [1.165, 1.54) is 0 Å². The SMILES string of the molecule is CC(C)(CO)CN[C@@H]1CCC[C@H]1O. The highest BCUT2D eigenvalue weighted by molar-refractivity contribution is 4.84. The predicted octanol–water partition coefficient (Wildman–Crippen LogP) is 0.508. The molecule has 0 radical (unpaired) electrons. The van der Waals surface area contributed by atoms with Gasteiger partial charge in [0.25, 0.3) is 0 Å². The fraction of sp³-hybridized carbons (Fsp3) is 1.00. The maximum Gasteiger partial charge on any atom is 0.0693 e. The third kappa shape index (κ3) is 3.25. The van der Waals surface area contributed by atoms with Crippen molar-refractivity contribution in [3.8, 4) is 0 Å². The number of aliphatic hydroxyl groups excluding tert-OH is 2. The number of nitrogens with one attached hydrogen (secondary N) is 1. The molecule has 0 amide bonds. The van der Waals surface area contributed by atoms with Crippen LogP contribution in [0.5, 0.6) is 0 Å². The largest absolute Gasteiger partial charge is 0.396 e. The zero-order valence-corrected chi connectivity index (χ0v) is 8.58. The molecule has 0 bridgehead atoms. The van der Waals surface area contributed by atoms with Gasteiger partial charge < -0.3 is 15.5 Å². The summed E-state index contributed by atoms with van der Waals surface area (Å²) in [6.45, 7) is 4.98. The number of aliphatic hydroxyl groups is 2. The Morgan fingerprint density at radius 2 is 2.08 bits per heavy atom. The first-order valence-electron chi connectivity index (χ1n) is 5.07. The lowest BCUT2D eigenvalue weighted by molar-refractivity contribution is 0.121. The summed E-state index contributed by atoms with van der Waals surface area (Å²) in [6.07, 6.45) is 2.90. The van der Waals surface area contributed by atoms with E-state index >= 15 is 0 Å². The molecule has 1 saturated carbocycles. The van der Waals surface area contributed by atoms with Crippen molar-refractivity contribution < 1.29 is 10.2 Å². The summed E-state index contributed by atoms with van der Waals surface area (Å²) < 4.78 is 0. The molecule has 78 valence electrons. The van der Waals surface area contributed by atoms with E-state index < -0.39 is 0 Å². The zero-order valence-electron chi connectivity index (χ0n) is 8.58. The van der Waals surface area contributed by atoms with Crippen LogP contribution < -0.4 is 5.32 Å². The van der Waals surface area contributed by atoms with Crippen LogP contribution in [0.25, 0.3) is 0 Å². The van der Waals surface area contributed by atoms with E-state index in [1.807, 2.05) is 13.8 Å². The maximum absolute atomic E-state index is 9.53. The van der Waals surface area contributed by atoms with Crippen molar-refractivity contribution in [2.45, 2.75) is 45.3 Å². The summed E-state index contributed by atoms with van der Waals surface area (Å²) in [7, 11) is 0. The van der Waals surface area contributed by atoms with Crippen LogP contribution in [0, 0.1) is 5.41 Å². The van der Waals surface area contributed by atoms with Crippen molar-refractivity contribution >= 4 is 0 Å². The molecule has 13 heavy (non-hydrogen) atoms. The molecule has 3 N–H and O–H groups in total. The summed E-state index contributed by atoms with van der Waals surface area (Å²) in [5.41, 5.74) is -0.0810. The minimum absolute atomic E-state index is 0.0810. The highest BCUT2D eigenvalue weighted by Gasteiger charge is 2.26. The van der Waals surface area contributed by atoms with Gasteiger partial charge in [0.1, 0.15) is 0 Å². The van der Waals surface area contributed by atoms with E-state index in [-0.39, 0.29) is 24.2 Å². The van der Waals surface area contributed by atoms with Crippen molar-refractivity contribution in [3.63, 3.8) is 0 Å². The van der Waals surface area contributed by atoms with Crippen molar-refractivity contribution in [2.75, 3.05) is 13.2 Å². The van der Waals surface area contributed by atoms with Gasteiger partial charge in [-0.3, -0.25) is 0 Å². The first-order chi connectivity index (χ1) is 6.05. The lowest BCUT2D eigenvalue weighted by Gasteiger charge is -2.25. The third-order valence-electron chi connectivity index (χ3n) is 2.75. The van der Waals surface area contributed by atoms with Crippen molar-refractivity contribution in [2.24, 2.45) is 5.41 Å². The lowest BCUT2D eigenvalue weighted by atomic mass is 9.94. The smallest absolute Gasteiger partial charge is 0.0693 e. The van der Waals surface area contributed by atoms with Gasteiger partial charge in [0, 0.05) is 24.6 Å². The van der Waals surface area contributed by atoms with Crippen LogP contribution in [0.1, 0.15) is 33.1 Å². The quantitative estimate of drug-likeness (QED) is 0.601. The maximum atomic E-state index is 9.53. The van der Waals surface area contributed by atoms with Gasteiger partial charge in [-0.05, 0) is 19.3 Å². The van der Waals surface area contributed by atoms with Crippen LogP contribution in [-0.2, 0) is 0 Å². The van der Waals surface area contributed by atoms with Crippen LogP contribution >= 0.6 is 0 Å². The van der Waals surface area contributed by atoms with E-state index in [1.54, 1.807) is 0 Å². The second-order valence-electron chi connectivity index (χ2n) is 4.81. The lowest BCUT2D eigenvalue weighted by Crippen LogP contribution is -2.42. The molecule has 3 nitrogen and oxygen atoms in total. The molecule has 1 aliphatic carbocycles. The molecule has 0 spiro atoms. The van der Waals surface area contributed by atoms with Crippen LogP contribution in [0.2, 0.25) is 0 Å². The van der Waals surface area contributed by atoms with Gasteiger partial charge in [0.05, 0.1) is 6.10 Å². The number of hydrogen-bond acceptors (Lipinski definition) is 3. The average Bonchev–Trinajstić information content (AvgIpc) is 2.48. The Hall–Kier alpha value is -0.120. The molecule has 1 rings (SSSR count). The Morgan fingerprint density at radius 1 is 1.38 bits per heavy atom. The topological polar surface area (TPSA) is 52.5 Å². The van der Waals surface area contributed by atoms with Crippen LogP contribution in [-0.4, -0.2) is 35.5 Å². The number of hydrogen-bond donors (Lipinski definition) is 3. The van der Waals surface area contributed by atoms with Crippen molar-refractivity contribution in [1.29, 1.82) is 0 Å². The monoisotopic (exact) mass is 187 g/mol. The molecule has 1 fully saturated rings. The second-order valence-corrected chi connectivity index (χ2v) is 4.81. The molecule has 0 aliphatic heterocycles. The van der Waals surface area contributed by atoms with E-state index in [4.69, 9.17) is 5.11 Å². The fourth-order valence-corrected chi connectivity index (χ4v) is 1.64. The summed E-state index contributed by atoms with van der Waals surface area (Å²) >= 11 is 0. The second kappa shape index (κ2) is 4.40. The first-order valence-corrected chi connectivity index (χ1v) is 5.07. The molecule has 0 unspecified atom stereocenters. The molecule has 0 aromatic rings. The van der Waals surface area contributed by atoms with Crippen LogP contribution in [0.15, 0.2) is 0 Å². The first kappa shape index (κ1) is 11.0. The molecule has 1 aliphatic rings. The van der Waals surface area contributed by atoms with Gasteiger partial charge in [-0.1, -0.05) is 13.8 Å². The summed E-state index contributed by atoms with van der Waals surface area (Å²) in [5, 5.41) is 21.9. The molecule has 0 aromatic carbocycles. The molecule has 3 heteroatoms. The van der Waals surface area contributed by atoms with E-state index in [2.05, 4.69) is 5.32 Å². The van der Waals surface area contributed by atoms with Gasteiger partial charge in [0.15, 0.2) is 0 Å². The van der Waals surface area contributed by atoms with Crippen molar-refractivity contribution in [1.82, 2.24) is 5.32 Å². The predicted molar refractivity (Wildman–Crippen MR) is 52.5 cm³/mol. The van der Waals surface area contributed by atoms with Crippen LogP contribution in [0.3, 0.4) is 0 Å². The van der Waals surface area contributed by atoms with Crippen LogP contribution in [0.4, 0.5) is 0 Å². The molecule has 0 aromatic heterocycles. The van der Waals surface area contributed by atoms with Gasteiger partial charge >= 0.3 is 0 Å². The Morgan fingerprint density at radius 3 is 2.54 bits per heavy atom. The zero-order chi connectivity index (χ0) is 9.90. The normalized spacial score (nSPS) is 29.5. The molecular formula is C10H21NO2. The Balaban J connectivity index is 2.25. The Kier molecular flexibility index (Phi) is 3.71. The van der Waals surface area contributed by atoms with Gasteiger partial charge in [-0.15, -0.1) is 0 Å². The van der Waals surface area contributed by atoms with E-state index in [0.717, 1.165) is 25.8 Å². The van der Waals surface area contributed by atoms with E-state index in [9.17, 15) is 5.11 Å². The standard InChI is InChI=1S/C10H21NO2/c1-10(2,7-12)6-11-8-4-3-5-9(8)13/h8-9,11-13H,3-7H2,1-2H3/t8-,9-/m1/s1. The Bertz CT molecular complexity index is 159. The minimum atomic E-state index is -0.186. The minimum Gasteiger partial charge on any atom is -0.396 e. The number of rotatable bonds is 4. The summed E-state index contributed by atoms with van der Waals surface area (Å²) in [6, 6.07) is 0.242. The highest BCUT2D eigenvalue weighted by Crippen LogP contribution is 2.20. The van der Waals surface area contributed by atoms with Crippen molar-refractivity contribution in [3.05, 3.63) is 0 Å².